The van der Waals surface area contributed by atoms with E-state index in [0.29, 0.717) is 6.42 Å². The third kappa shape index (κ3) is 15.0. The van der Waals surface area contributed by atoms with Gasteiger partial charge in [-0.2, -0.15) is 0 Å². The predicted molar refractivity (Wildman–Crippen MR) is 91.7 cm³/mol. The van der Waals surface area contributed by atoms with Crippen LogP contribution in [0.1, 0.15) is 78.6 Å². The van der Waals surface area contributed by atoms with Gasteiger partial charge in [0.15, 0.2) is 0 Å². The molecule has 0 aliphatic heterocycles. The third-order valence-corrected chi connectivity index (χ3v) is 3.47. The summed E-state index contributed by atoms with van der Waals surface area (Å²) >= 11 is 0. The van der Waals surface area contributed by atoms with E-state index in [9.17, 15) is 9.59 Å². The molecule has 3 nitrogen and oxygen atoms in total. The highest BCUT2D eigenvalue weighted by Gasteiger charge is 2.08. The lowest BCUT2D eigenvalue weighted by Crippen LogP contribution is -2.14. The number of esters is 1. The molecule has 0 radical (unpaired) electrons. The molecule has 22 heavy (non-hydrogen) atoms. The molecular formula is C19H32O3. The van der Waals surface area contributed by atoms with E-state index < -0.39 is 0 Å². The van der Waals surface area contributed by atoms with Gasteiger partial charge in [-0.05, 0) is 39.0 Å². The predicted octanol–water partition coefficient (Wildman–Crippen LogP) is 5.15. The minimum atomic E-state index is -0.170. The molecule has 1 atom stereocenters. The third-order valence-electron chi connectivity index (χ3n) is 3.47. The summed E-state index contributed by atoms with van der Waals surface area (Å²) in [6.45, 7) is 5.14. The second kappa shape index (κ2) is 14.6. The van der Waals surface area contributed by atoms with Crippen LogP contribution in [0.15, 0.2) is 24.3 Å². The van der Waals surface area contributed by atoms with E-state index in [4.69, 9.17) is 4.74 Å². The van der Waals surface area contributed by atoms with E-state index in [2.05, 4.69) is 13.0 Å². The molecule has 0 bridgehead atoms. The summed E-state index contributed by atoms with van der Waals surface area (Å²) in [6, 6.07) is 0. The molecule has 0 fully saturated rings. The largest absolute Gasteiger partial charge is 0.463 e. The highest BCUT2D eigenvalue weighted by molar-refractivity contribution is 5.77. The van der Waals surface area contributed by atoms with Crippen molar-refractivity contribution in [2.24, 2.45) is 0 Å². The highest BCUT2D eigenvalue weighted by Crippen LogP contribution is 2.12. The van der Waals surface area contributed by atoms with Crippen molar-refractivity contribution in [1.29, 1.82) is 0 Å². The zero-order valence-corrected chi connectivity index (χ0v) is 14.5. The summed E-state index contributed by atoms with van der Waals surface area (Å²) in [5, 5.41) is 0. The van der Waals surface area contributed by atoms with Crippen molar-refractivity contribution in [3.8, 4) is 0 Å². The van der Waals surface area contributed by atoms with Crippen molar-refractivity contribution in [1.82, 2.24) is 0 Å². The number of carbonyl (C=O) groups excluding carboxylic acids is 2. The van der Waals surface area contributed by atoms with Crippen LogP contribution < -0.4 is 0 Å². The molecular weight excluding hydrogens is 276 g/mol. The Hall–Kier alpha value is -1.38. The molecule has 0 heterocycles. The first kappa shape index (κ1) is 20.6. The summed E-state index contributed by atoms with van der Waals surface area (Å²) in [6.07, 6.45) is 17.7. The SMILES string of the molecule is CCC(CCCCCCC/C=C/C=C/CC(C)=O)OC(C)=O. The van der Waals surface area contributed by atoms with Crippen LogP contribution in [0.4, 0.5) is 0 Å². The standard InChI is InChI=1S/C19H32O3/c1-4-19(22-18(3)21)16-14-12-10-8-6-5-7-9-11-13-15-17(2)20/h7,9,11,13,19H,4-6,8,10,12,14-16H2,1-3H3/b9-7+,13-11+. The Balaban J connectivity index is 3.43. The van der Waals surface area contributed by atoms with Gasteiger partial charge in [0.05, 0.1) is 0 Å². The van der Waals surface area contributed by atoms with Crippen molar-refractivity contribution in [3.05, 3.63) is 24.3 Å². The number of hydrogen-bond donors (Lipinski definition) is 0. The van der Waals surface area contributed by atoms with Gasteiger partial charge < -0.3 is 4.74 Å². The van der Waals surface area contributed by atoms with Crippen LogP contribution in [0, 0.1) is 0 Å². The van der Waals surface area contributed by atoms with Gasteiger partial charge in [-0.3, -0.25) is 9.59 Å². The van der Waals surface area contributed by atoms with E-state index in [-0.39, 0.29) is 17.9 Å². The molecule has 3 heteroatoms. The molecule has 0 spiro atoms. The number of unbranched alkanes of at least 4 members (excludes halogenated alkanes) is 5. The summed E-state index contributed by atoms with van der Waals surface area (Å²) in [5.74, 6) is 0.0275. The summed E-state index contributed by atoms with van der Waals surface area (Å²) in [7, 11) is 0. The van der Waals surface area contributed by atoms with E-state index >= 15 is 0 Å². The Morgan fingerprint density at radius 2 is 1.59 bits per heavy atom. The first-order valence-electron chi connectivity index (χ1n) is 8.54. The molecule has 0 rings (SSSR count). The van der Waals surface area contributed by atoms with Crippen LogP contribution in [-0.4, -0.2) is 17.9 Å². The van der Waals surface area contributed by atoms with Gasteiger partial charge in [0.2, 0.25) is 0 Å². The minimum absolute atomic E-state index is 0.0993. The second-order valence-corrected chi connectivity index (χ2v) is 5.75. The Bertz CT molecular complexity index is 356. The van der Waals surface area contributed by atoms with Gasteiger partial charge in [-0.1, -0.05) is 50.5 Å². The number of ether oxygens (including phenoxy) is 1. The first-order valence-corrected chi connectivity index (χ1v) is 8.54. The lowest BCUT2D eigenvalue weighted by Gasteiger charge is -2.14. The Morgan fingerprint density at radius 3 is 2.23 bits per heavy atom. The van der Waals surface area contributed by atoms with Crippen molar-refractivity contribution in [2.45, 2.75) is 84.7 Å². The zero-order chi connectivity index (χ0) is 16.6. The number of carbonyl (C=O) groups is 2. The molecule has 0 aliphatic carbocycles. The van der Waals surface area contributed by atoms with Gasteiger partial charge in [0.1, 0.15) is 11.9 Å². The summed E-state index contributed by atoms with van der Waals surface area (Å²) < 4.78 is 5.23. The van der Waals surface area contributed by atoms with Gasteiger partial charge in [0, 0.05) is 13.3 Å². The average Bonchev–Trinajstić information content (AvgIpc) is 2.46. The van der Waals surface area contributed by atoms with Crippen LogP contribution in [0.3, 0.4) is 0 Å². The normalized spacial score (nSPS) is 12.9. The minimum Gasteiger partial charge on any atom is -0.463 e. The number of rotatable bonds is 13. The molecule has 0 aromatic carbocycles. The zero-order valence-electron chi connectivity index (χ0n) is 14.5. The summed E-state index contributed by atoms with van der Waals surface area (Å²) in [4.78, 5) is 21.6. The molecule has 1 unspecified atom stereocenters. The van der Waals surface area contributed by atoms with Crippen molar-refractivity contribution in [2.75, 3.05) is 0 Å². The number of hydrogen-bond acceptors (Lipinski definition) is 3. The Morgan fingerprint density at radius 1 is 0.955 bits per heavy atom. The summed E-state index contributed by atoms with van der Waals surface area (Å²) in [5.41, 5.74) is 0. The molecule has 0 saturated carbocycles. The van der Waals surface area contributed by atoms with Gasteiger partial charge in [-0.15, -0.1) is 0 Å². The van der Waals surface area contributed by atoms with Crippen LogP contribution in [0.2, 0.25) is 0 Å². The van der Waals surface area contributed by atoms with E-state index in [0.717, 1.165) is 25.7 Å². The average molecular weight is 308 g/mol. The van der Waals surface area contributed by atoms with Crippen LogP contribution >= 0.6 is 0 Å². The van der Waals surface area contributed by atoms with E-state index in [1.54, 1.807) is 6.92 Å². The smallest absolute Gasteiger partial charge is 0.302 e. The fraction of sp³-hybridized carbons (Fsp3) is 0.684. The number of Topliss-reactive ketones (excluding diaryl/α,β-unsaturated/α-hetero) is 1. The Kier molecular flexibility index (Phi) is 13.6. The monoisotopic (exact) mass is 308 g/mol. The van der Waals surface area contributed by atoms with Crippen molar-refractivity contribution >= 4 is 11.8 Å². The topological polar surface area (TPSA) is 43.4 Å². The number of ketones is 1. The molecule has 0 aliphatic rings. The fourth-order valence-corrected chi connectivity index (χ4v) is 2.23. The molecule has 0 aromatic heterocycles. The van der Waals surface area contributed by atoms with Crippen molar-refractivity contribution < 1.29 is 14.3 Å². The lowest BCUT2D eigenvalue weighted by molar-refractivity contribution is -0.146. The molecule has 126 valence electrons. The molecule has 0 aromatic rings. The lowest BCUT2D eigenvalue weighted by atomic mass is 10.1. The van der Waals surface area contributed by atoms with Crippen LogP contribution in [-0.2, 0) is 14.3 Å². The van der Waals surface area contributed by atoms with Gasteiger partial charge in [0.25, 0.3) is 0 Å². The molecule has 0 saturated heterocycles. The highest BCUT2D eigenvalue weighted by atomic mass is 16.5. The molecule has 0 N–H and O–H groups in total. The van der Waals surface area contributed by atoms with Gasteiger partial charge >= 0.3 is 5.97 Å². The number of allylic oxidation sites excluding steroid dienone is 4. The maximum atomic E-state index is 10.9. The fourth-order valence-electron chi connectivity index (χ4n) is 2.23. The van der Waals surface area contributed by atoms with Crippen molar-refractivity contribution in [3.63, 3.8) is 0 Å². The quantitative estimate of drug-likeness (QED) is 0.268. The van der Waals surface area contributed by atoms with E-state index in [1.807, 2.05) is 18.2 Å². The van der Waals surface area contributed by atoms with E-state index in [1.165, 1.54) is 32.6 Å². The maximum Gasteiger partial charge on any atom is 0.302 e. The first-order chi connectivity index (χ1) is 10.6. The van der Waals surface area contributed by atoms with Crippen LogP contribution in [0.5, 0.6) is 0 Å². The Labute approximate surface area is 135 Å². The second-order valence-electron chi connectivity index (χ2n) is 5.75. The maximum absolute atomic E-state index is 10.9. The molecule has 0 amide bonds. The van der Waals surface area contributed by atoms with Crippen LogP contribution in [0.25, 0.3) is 0 Å². The van der Waals surface area contributed by atoms with Gasteiger partial charge in [-0.25, -0.2) is 0 Å².